The molecule has 0 saturated heterocycles. The summed E-state index contributed by atoms with van der Waals surface area (Å²) < 4.78 is 0. The molecule has 1 rings (SSSR count). The maximum atomic E-state index is 10.9. The van der Waals surface area contributed by atoms with Crippen LogP contribution in [0.15, 0.2) is 12.1 Å². The van der Waals surface area contributed by atoms with Crippen molar-refractivity contribution in [3.8, 4) is 0 Å². The fourth-order valence-electron chi connectivity index (χ4n) is 1.01. The fraction of sp³-hybridized carbons (Fsp3) is 0.125. The third kappa shape index (κ3) is 1.86. The molecule has 0 aliphatic carbocycles. The van der Waals surface area contributed by atoms with Crippen molar-refractivity contribution >= 4 is 34.1 Å². The first-order valence-electron chi connectivity index (χ1n) is 3.58. The van der Waals surface area contributed by atoms with Crippen LogP contribution in [0.1, 0.15) is 15.9 Å². The first-order chi connectivity index (χ1) is 6.45. The highest BCUT2D eigenvalue weighted by molar-refractivity contribution is 6.69. The van der Waals surface area contributed by atoms with Crippen molar-refractivity contribution < 1.29 is 9.72 Å². The highest BCUT2D eigenvalue weighted by Gasteiger charge is 2.23. The molecule has 0 saturated carbocycles. The van der Waals surface area contributed by atoms with Crippen molar-refractivity contribution in [1.29, 1.82) is 0 Å². The maximum Gasteiger partial charge on any atom is 0.283 e. The number of nitro groups is 1. The number of carbonyl (C=O) groups is 1. The fourth-order valence-corrected chi connectivity index (χ4v) is 1.49. The molecular formula is C8H5Cl2NO3. The Labute approximate surface area is 89.6 Å². The molecule has 14 heavy (non-hydrogen) atoms. The van der Waals surface area contributed by atoms with Gasteiger partial charge in [-0.1, -0.05) is 17.7 Å². The molecule has 1 aromatic rings. The normalized spacial score (nSPS) is 9.93. The van der Waals surface area contributed by atoms with Crippen LogP contribution < -0.4 is 0 Å². The Hall–Kier alpha value is -1.13. The zero-order chi connectivity index (χ0) is 10.9. The van der Waals surface area contributed by atoms with Crippen molar-refractivity contribution in [2.75, 3.05) is 0 Å². The SMILES string of the molecule is Cc1ccc([N+](=O)[O-])c(C(=O)Cl)c1Cl. The van der Waals surface area contributed by atoms with Crippen molar-refractivity contribution in [3.05, 3.63) is 38.4 Å². The average molecular weight is 234 g/mol. The largest absolute Gasteiger partial charge is 0.283 e. The molecule has 0 radical (unpaired) electrons. The number of aryl methyl sites for hydroxylation is 1. The van der Waals surface area contributed by atoms with E-state index < -0.39 is 10.2 Å². The predicted octanol–water partition coefficient (Wildman–Crippen LogP) is 2.94. The van der Waals surface area contributed by atoms with E-state index in [0.29, 0.717) is 5.56 Å². The van der Waals surface area contributed by atoms with Crippen LogP contribution in [0.5, 0.6) is 0 Å². The van der Waals surface area contributed by atoms with Crippen LogP contribution in [-0.2, 0) is 0 Å². The molecular weight excluding hydrogens is 229 g/mol. The molecule has 4 nitrogen and oxygen atoms in total. The van der Waals surface area contributed by atoms with Crippen LogP contribution in [0.4, 0.5) is 5.69 Å². The van der Waals surface area contributed by atoms with Crippen LogP contribution in [0.2, 0.25) is 5.02 Å². The van der Waals surface area contributed by atoms with E-state index in [0.717, 1.165) is 0 Å². The van der Waals surface area contributed by atoms with Crippen molar-refractivity contribution in [2.45, 2.75) is 6.92 Å². The summed E-state index contributed by atoms with van der Waals surface area (Å²) in [7, 11) is 0. The lowest BCUT2D eigenvalue weighted by molar-refractivity contribution is -0.385. The van der Waals surface area contributed by atoms with Gasteiger partial charge in [0.1, 0.15) is 5.56 Å². The summed E-state index contributed by atoms with van der Waals surface area (Å²) >= 11 is 10.9. The van der Waals surface area contributed by atoms with E-state index in [2.05, 4.69) is 0 Å². The summed E-state index contributed by atoms with van der Waals surface area (Å²) in [6.07, 6.45) is 0. The number of nitrogens with zero attached hydrogens (tertiary/aromatic N) is 1. The lowest BCUT2D eigenvalue weighted by atomic mass is 10.1. The molecule has 0 amide bonds. The summed E-state index contributed by atoms with van der Waals surface area (Å²) in [5.41, 5.74) is -0.0554. The summed E-state index contributed by atoms with van der Waals surface area (Å²) in [6.45, 7) is 1.63. The molecule has 0 aliphatic heterocycles. The Balaban J connectivity index is 3.53. The Kier molecular flexibility index (Phi) is 3.08. The first kappa shape index (κ1) is 10.9. The molecule has 0 fully saturated rings. The van der Waals surface area contributed by atoms with E-state index in [9.17, 15) is 14.9 Å². The van der Waals surface area contributed by atoms with E-state index in [1.165, 1.54) is 12.1 Å². The second kappa shape index (κ2) is 3.94. The zero-order valence-electron chi connectivity index (χ0n) is 7.08. The smallest absolute Gasteiger partial charge is 0.275 e. The number of nitro benzene ring substituents is 1. The van der Waals surface area contributed by atoms with Gasteiger partial charge in [0.15, 0.2) is 0 Å². The minimum atomic E-state index is -0.926. The first-order valence-corrected chi connectivity index (χ1v) is 4.34. The van der Waals surface area contributed by atoms with Gasteiger partial charge in [-0.15, -0.1) is 0 Å². The summed E-state index contributed by atoms with van der Waals surface area (Å²) in [5.74, 6) is 0. The highest BCUT2D eigenvalue weighted by Crippen LogP contribution is 2.30. The molecule has 0 atom stereocenters. The highest BCUT2D eigenvalue weighted by atomic mass is 35.5. The molecule has 0 unspecified atom stereocenters. The zero-order valence-corrected chi connectivity index (χ0v) is 8.59. The summed E-state index contributed by atoms with van der Waals surface area (Å²) in [4.78, 5) is 20.8. The van der Waals surface area contributed by atoms with Crippen LogP contribution in [-0.4, -0.2) is 10.2 Å². The second-order valence-corrected chi connectivity index (χ2v) is 3.34. The number of rotatable bonds is 2. The number of hydrogen-bond donors (Lipinski definition) is 0. The standard InChI is InChI=1S/C8H5Cl2NO3/c1-4-2-3-5(11(13)14)6(7(4)9)8(10)12/h2-3H,1H3. The van der Waals surface area contributed by atoms with Gasteiger partial charge in [0.2, 0.25) is 0 Å². The predicted molar refractivity (Wildman–Crippen MR) is 53.0 cm³/mol. The van der Waals surface area contributed by atoms with Crippen LogP contribution in [0.3, 0.4) is 0 Å². The van der Waals surface area contributed by atoms with Gasteiger partial charge in [-0.2, -0.15) is 0 Å². The molecule has 1 aromatic carbocycles. The van der Waals surface area contributed by atoms with Crippen molar-refractivity contribution in [3.63, 3.8) is 0 Å². The van der Waals surface area contributed by atoms with Crippen molar-refractivity contribution in [2.24, 2.45) is 0 Å². The molecule has 0 heterocycles. The van der Waals surface area contributed by atoms with E-state index in [-0.39, 0.29) is 16.3 Å². The molecule has 0 aliphatic rings. The van der Waals surface area contributed by atoms with Gasteiger partial charge >= 0.3 is 0 Å². The van der Waals surface area contributed by atoms with Crippen molar-refractivity contribution in [1.82, 2.24) is 0 Å². The van der Waals surface area contributed by atoms with E-state index >= 15 is 0 Å². The topological polar surface area (TPSA) is 60.2 Å². The minimum Gasteiger partial charge on any atom is -0.275 e. The Morgan fingerprint density at radius 1 is 1.50 bits per heavy atom. The molecule has 0 aromatic heterocycles. The molecule has 6 heteroatoms. The molecule has 0 N–H and O–H groups in total. The third-order valence-electron chi connectivity index (χ3n) is 1.71. The number of carbonyl (C=O) groups excluding carboxylic acids is 1. The quantitative estimate of drug-likeness (QED) is 0.449. The Morgan fingerprint density at radius 3 is 2.50 bits per heavy atom. The van der Waals surface area contributed by atoms with Gasteiger partial charge in [0.05, 0.1) is 9.95 Å². The van der Waals surface area contributed by atoms with E-state index in [1.807, 2.05) is 0 Å². The number of hydrogen-bond acceptors (Lipinski definition) is 3. The lowest BCUT2D eigenvalue weighted by Gasteiger charge is -2.02. The van der Waals surface area contributed by atoms with Gasteiger partial charge in [0.25, 0.3) is 10.9 Å². The molecule has 0 bridgehead atoms. The maximum absolute atomic E-state index is 10.9. The molecule has 0 spiro atoms. The Bertz CT molecular complexity index is 417. The Morgan fingerprint density at radius 2 is 2.07 bits per heavy atom. The van der Waals surface area contributed by atoms with Gasteiger partial charge < -0.3 is 0 Å². The number of halogens is 2. The number of benzene rings is 1. The average Bonchev–Trinajstić information content (AvgIpc) is 2.08. The summed E-state index contributed by atoms with van der Waals surface area (Å²) in [5, 5.41) is 9.63. The second-order valence-electron chi connectivity index (χ2n) is 2.62. The lowest BCUT2D eigenvalue weighted by Crippen LogP contribution is -2.00. The van der Waals surface area contributed by atoms with Gasteiger partial charge in [-0.3, -0.25) is 14.9 Å². The van der Waals surface area contributed by atoms with Crippen LogP contribution in [0, 0.1) is 17.0 Å². The van der Waals surface area contributed by atoms with Crippen LogP contribution >= 0.6 is 23.2 Å². The van der Waals surface area contributed by atoms with E-state index in [1.54, 1.807) is 6.92 Å². The van der Waals surface area contributed by atoms with E-state index in [4.69, 9.17) is 23.2 Å². The third-order valence-corrected chi connectivity index (χ3v) is 2.38. The van der Waals surface area contributed by atoms with Gasteiger partial charge in [0, 0.05) is 6.07 Å². The summed E-state index contributed by atoms with van der Waals surface area (Å²) in [6, 6.07) is 2.67. The van der Waals surface area contributed by atoms with Gasteiger partial charge in [-0.05, 0) is 24.1 Å². The van der Waals surface area contributed by atoms with Gasteiger partial charge in [-0.25, -0.2) is 0 Å². The monoisotopic (exact) mass is 233 g/mol. The molecule has 74 valence electrons. The van der Waals surface area contributed by atoms with Crippen LogP contribution in [0.25, 0.3) is 0 Å². The minimum absolute atomic E-state index is 0.0270.